The summed E-state index contributed by atoms with van der Waals surface area (Å²) in [5.74, 6) is 0.655. The van der Waals surface area contributed by atoms with E-state index in [9.17, 15) is 4.79 Å². The summed E-state index contributed by atoms with van der Waals surface area (Å²) in [4.78, 5) is 16.5. The molecule has 8 heteroatoms. The number of hydrogen-bond donors (Lipinski definition) is 1. The van der Waals surface area contributed by atoms with Crippen LogP contribution < -0.4 is 5.73 Å². The van der Waals surface area contributed by atoms with Crippen LogP contribution in [-0.4, -0.2) is 37.1 Å². The first-order valence-electron chi connectivity index (χ1n) is 8.75. The van der Waals surface area contributed by atoms with Gasteiger partial charge < -0.3 is 10.5 Å². The van der Waals surface area contributed by atoms with E-state index in [2.05, 4.69) is 15.2 Å². The smallest absolute Gasteiger partial charge is 0.358 e. The minimum atomic E-state index is -0.472. The largest absolute Gasteiger partial charge is 0.461 e. The number of ether oxygens (including phenoxy) is 1. The van der Waals surface area contributed by atoms with Crippen LogP contribution in [0.15, 0.2) is 67.1 Å². The quantitative estimate of drug-likeness (QED) is 0.539. The van der Waals surface area contributed by atoms with Gasteiger partial charge in [0.05, 0.1) is 24.7 Å². The topological polar surface area (TPSA) is 101 Å². The molecule has 0 unspecified atom stereocenters. The van der Waals surface area contributed by atoms with Crippen LogP contribution in [0.25, 0.3) is 22.8 Å². The second-order valence-electron chi connectivity index (χ2n) is 6.02. The van der Waals surface area contributed by atoms with Crippen LogP contribution in [-0.2, 0) is 4.74 Å². The Balaban J connectivity index is 1.81. The van der Waals surface area contributed by atoms with E-state index in [0.717, 1.165) is 11.1 Å². The van der Waals surface area contributed by atoms with Crippen molar-refractivity contribution in [2.45, 2.75) is 6.92 Å². The van der Waals surface area contributed by atoms with Gasteiger partial charge in [-0.3, -0.25) is 0 Å². The van der Waals surface area contributed by atoms with Crippen LogP contribution in [0.5, 0.6) is 0 Å². The third kappa shape index (κ3) is 3.48. The van der Waals surface area contributed by atoms with Crippen molar-refractivity contribution in [1.82, 2.24) is 24.5 Å². The molecule has 0 amide bonds. The molecular weight excluding hydrogens is 356 g/mol. The maximum Gasteiger partial charge on any atom is 0.358 e. The van der Waals surface area contributed by atoms with E-state index in [-0.39, 0.29) is 12.3 Å². The second-order valence-corrected chi connectivity index (χ2v) is 6.02. The normalized spacial score (nSPS) is 10.8. The maximum absolute atomic E-state index is 11.9. The van der Waals surface area contributed by atoms with Crippen LogP contribution in [0.1, 0.15) is 17.4 Å². The summed E-state index contributed by atoms with van der Waals surface area (Å²) < 4.78 is 8.14. The molecule has 0 saturated heterocycles. The van der Waals surface area contributed by atoms with E-state index in [1.54, 1.807) is 36.3 Å². The van der Waals surface area contributed by atoms with Gasteiger partial charge in [0, 0.05) is 6.20 Å². The van der Waals surface area contributed by atoms with Crippen molar-refractivity contribution in [3.8, 4) is 22.8 Å². The lowest BCUT2D eigenvalue weighted by Gasteiger charge is -2.09. The number of nitrogen functional groups attached to an aromatic ring is 1. The Bertz CT molecular complexity index is 1120. The van der Waals surface area contributed by atoms with Crippen molar-refractivity contribution in [3.63, 3.8) is 0 Å². The standard InChI is InChI=1S/C20H18N6O2/c1-2-28-20(27)17-8-9-25(24-17)18-10-15(14-6-4-3-5-7-14)11-19(23-18)26-13-16(21)12-22-26/h3-13H,2,21H2,1H3. The molecule has 3 aromatic heterocycles. The first-order chi connectivity index (χ1) is 13.6. The van der Waals surface area contributed by atoms with Gasteiger partial charge in [-0.05, 0) is 36.2 Å². The predicted molar refractivity (Wildman–Crippen MR) is 104 cm³/mol. The number of benzene rings is 1. The molecule has 2 N–H and O–H groups in total. The Morgan fingerprint density at radius 1 is 1.07 bits per heavy atom. The summed E-state index contributed by atoms with van der Waals surface area (Å²) in [6.45, 7) is 2.04. The SMILES string of the molecule is CCOC(=O)c1ccn(-c2cc(-c3ccccc3)cc(-n3cc(N)cn3)n2)n1. The highest BCUT2D eigenvalue weighted by molar-refractivity contribution is 5.87. The molecule has 0 bridgehead atoms. The number of carbonyl (C=O) groups is 1. The fraction of sp³-hybridized carbons (Fsp3) is 0.100. The molecule has 0 atom stereocenters. The molecule has 8 nitrogen and oxygen atoms in total. The predicted octanol–water partition coefficient (Wildman–Crippen LogP) is 2.88. The van der Waals surface area contributed by atoms with E-state index in [1.807, 2.05) is 42.5 Å². The minimum absolute atomic E-state index is 0.221. The number of anilines is 1. The van der Waals surface area contributed by atoms with E-state index < -0.39 is 5.97 Å². The highest BCUT2D eigenvalue weighted by Gasteiger charge is 2.14. The lowest BCUT2D eigenvalue weighted by molar-refractivity contribution is 0.0519. The van der Waals surface area contributed by atoms with Crippen LogP contribution in [0.4, 0.5) is 5.69 Å². The third-order valence-corrected chi connectivity index (χ3v) is 4.05. The number of nitrogens with two attached hydrogens (primary N) is 1. The van der Waals surface area contributed by atoms with Gasteiger partial charge in [0.25, 0.3) is 0 Å². The molecule has 1 aromatic carbocycles. The van der Waals surface area contributed by atoms with Crippen molar-refractivity contribution in [1.29, 1.82) is 0 Å². The first kappa shape index (κ1) is 17.5. The Kier molecular flexibility index (Phi) is 4.59. The van der Waals surface area contributed by atoms with Gasteiger partial charge >= 0.3 is 5.97 Å². The average Bonchev–Trinajstić information content (AvgIpc) is 3.38. The van der Waals surface area contributed by atoms with Crippen LogP contribution in [0, 0.1) is 0 Å². The molecule has 0 radical (unpaired) electrons. The molecule has 28 heavy (non-hydrogen) atoms. The van der Waals surface area contributed by atoms with Gasteiger partial charge in [-0.2, -0.15) is 10.2 Å². The highest BCUT2D eigenvalue weighted by Crippen LogP contribution is 2.24. The van der Waals surface area contributed by atoms with Crippen LogP contribution in [0.2, 0.25) is 0 Å². The number of esters is 1. The molecule has 0 fully saturated rings. The molecule has 0 aliphatic heterocycles. The van der Waals surface area contributed by atoms with Crippen molar-refractivity contribution < 1.29 is 9.53 Å². The Labute approximate surface area is 161 Å². The summed E-state index contributed by atoms with van der Waals surface area (Å²) >= 11 is 0. The van der Waals surface area contributed by atoms with E-state index in [4.69, 9.17) is 10.5 Å². The van der Waals surface area contributed by atoms with Gasteiger partial charge in [-0.15, -0.1) is 0 Å². The molecule has 0 spiro atoms. The molecule has 0 saturated carbocycles. The maximum atomic E-state index is 11.9. The zero-order valence-electron chi connectivity index (χ0n) is 15.2. The number of hydrogen-bond acceptors (Lipinski definition) is 6. The summed E-state index contributed by atoms with van der Waals surface area (Å²) in [6.07, 6.45) is 4.92. The number of pyridine rings is 1. The molecular formula is C20H18N6O2. The zero-order chi connectivity index (χ0) is 19.5. The van der Waals surface area contributed by atoms with E-state index in [0.29, 0.717) is 17.3 Å². The van der Waals surface area contributed by atoms with Gasteiger partial charge in [0.2, 0.25) is 0 Å². The van der Waals surface area contributed by atoms with Gasteiger partial charge in [0.1, 0.15) is 0 Å². The number of aromatic nitrogens is 5. The molecule has 0 aliphatic rings. The lowest BCUT2D eigenvalue weighted by atomic mass is 10.1. The minimum Gasteiger partial charge on any atom is -0.461 e. The summed E-state index contributed by atoms with van der Waals surface area (Å²) in [6, 6.07) is 15.3. The van der Waals surface area contributed by atoms with Crippen molar-refractivity contribution in [2.24, 2.45) is 0 Å². The summed E-state index contributed by atoms with van der Waals surface area (Å²) in [7, 11) is 0. The summed E-state index contributed by atoms with van der Waals surface area (Å²) in [5.41, 5.74) is 8.51. The zero-order valence-corrected chi connectivity index (χ0v) is 15.2. The molecule has 4 rings (SSSR count). The lowest BCUT2D eigenvalue weighted by Crippen LogP contribution is -2.08. The number of carbonyl (C=O) groups excluding carboxylic acids is 1. The van der Waals surface area contributed by atoms with E-state index >= 15 is 0 Å². The van der Waals surface area contributed by atoms with Crippen molar-refractivity contribution in [3.05, 3.63) is 72.8 Å². The second kappa shape index (κ2) is 7.36. The van der Waals surface area contributed by atoms with E-state index in [1.165, 1.54) is 4.68 Å². The number of nitrogens with zero attached hydrogens (tertiary/aromatic N) is 5. The van der Waals surface area contributed by atoms with Gasteiger partial charge in [-0.25, -0.2) is 19.1 Å². The number of rotatable bonds is 5. The molecule has 4 aromatic rings. The van der Waals surface area contributed by atoms with Crippen LogP contribution in [0.3, 0.4) is 0 Å². The Hall–Kier alpha value is -3.94. The van der Waals surface area contributed by atoms with Crippen molar-refractivity contribution in [2.75, 3.05) is 12.3 Å². The van der Waals surface area contributed by atoms with Gasteiger partial charge in [-0.1, -0.05) is 30.3 Å². The van der Waals surface area contributed by atoms with Crippen LogP contribution >= 0.6 is 0 Å². The fourth-order valence-electron chi connectivity index (χ4n) is 2.76. The summed E-state index contributed by atoms with van der Waals surface area (Å²) in [5, 5.41) is 8.54. The monoisotopic (exact) mass is 374 g/mol. The Morgan fingerprint density at radius 3 is 2.50 bits per heavy atom. The molecule has 140 valence electrons. The Morgan fingerprint density at radius 2 is 1.82 bits per heavy atom. The fourth-order valence-corrected chi connectivity index (χ4v) is 2.76. The van der Waals surface area contributed by atoms with Gasteiger partial charge in [0.15, 0.2) is 17.3 Å². The van der Waals surface area contributed by atoms with Crippen molar-refractivity contribution >= 4 is 11.7 Å². The average molecular weight is 374 g/mol. The first-order valence-corrected chi connectivity index (χ1v) is 8.75. The highest BCUT2D eigenvalue weighted by atomic mass is 16.5. The molecule has 0 aliphatic carbocycles. The molecule has 3 heterocycles. The third-order valence-electron chi connectivity index (χ3n) is 4.05.